The van der Waals surface area contributed by atoms with Gasteiger partial charge in [-0.3, -0.25) is 29.3 Å². The lowest BCUT2D eigenvalue weighted by Crippen LogP contribution is -2.40. The van der Waals surface area contributed by atoms with Gasteiger partial charge in [-0.15, -0.1) is 0 Å². The van der Waals surface area contributed by atoms with E-state index in [9.17, 15) is 14.4 Å². The topological polar surface area (TPSA) is 125 Å². The van der Waals surface area contributed by atoms with Gasteiger partial charge >= 0.3 is 0 Å². The second-order valence-corrected chi connectivity index (χ2v) is 12.3. The van der Waals surface area contributed by atoms with Crippen LogP contribution in [0.5, 0.6) is 0 Å². The third-order valence-electron chi connectivity index (χ3n) is 8.92. The van der Waals surface area contributed by atoms with Crippen LogP contribution >= 0.6 is 0 Å². The molecule has 3 aromatic carbocycles. The SMILES string of the molecule is C=CN=C(C=C)c1ccc(NC(=O)C2CC(C(=O)Nc3ccc(-c4ccccn4)cc3)CC(C(=O)Nc3ccc(-c4ccccn4)cc3)C2)cc1. The molecule has 0 bridgehead atoms. The van der Waals surface area contributed by atoms with Gasteiger partial charge in [0.2, 0.25) is 17.7 Å². The fourth-order valence-electron chi connectivity index (χ4n) is 6.28. The molecule has 2 atom stereocenters. The highest BCUT2D eigenvalue weighted by atomic mass is 16.2. The highest BCUT2D eigenvalue weighted by Gasteiger charge is 2.39. The van der Waals surface area contributed by atoms with Crippen molar-refractivity contribution in [3.05, 3.63) is 153 Å². The number of amides is 3. The molecule has 5 aromatic rings. The van der Waals surface area contributed by atoms with Gasteiger partial charge in [0, 0.05) is 70.1 Å². The van der Waals surface area contributed by atoms with E-state index in [0.29, 0.717) is 42.0 Å². The van der Waals surface area contributed by atoms with Crippen molar-refractivity contribution in [2.24, 2.45) is 22.7 Å². The van der Waals surface area contributed by atoms with Crippen LogP contribution in [0.25, 0.3) is 22.5 Å². The minimum Gasteiger partial charge on any atom is -0.326 e. The molecule has 3 N–H and O–H groups in total. The van der Waals surface area contributed by atoms with E-state index >= 15 is 0 Å². The molecule has 0 spiro atoms. The van der Waals surface area contributed by atoms with Crippen LogP contribution in [0, 0.1) is 17.8 Å². The molecule has 2 heterocycles. The van der Waals surface area contributed by atoms with Crippen molar-refractivity contribution in [1.82, 2.24) is 9.97 Å². The average molecular weight is 675 g/mol. The van der Waals surface area contributed by atoms with E-state index in [-0.39, 0.29) is 17.7 Å². The van der Waals surface area contributed by atoms with Crippen LogP contribution in [0.1, 0.15) is 24.8 Å². The monoisotopic (exact) mass is 674 g/mol. The first-order valence-corrected chi connectivity index (χ1v) is 16.8. The Bertz CT molecular complexity index is 1920. The number of rotatable bonds is 11. The van der Waals surface area contributed by atoms with Gasteiger partial charge in [-0.2, -0.15) is 0 Å². The maximum absolute atomic E-state index is 13.7. The summed E-state index contributed by atoms with van der Waals surface area (Å²) in [6.07, 6.45) is 7.46. The molecule has 1 fully saturated rings. The second-order valence-electron chi connectivity index (χ2n) is 12.3. The molecule has 9 heteroatoms. The minimum absolute atomic E-state index is 0.238. The fourth-order valence-corrected chi connectivity index (χ4v) is 6.28. The molecule has 3 amide bonds. The lowest BCUT2D eigenvalue weighted by Gasteiger charge is -2.33. The predicted molar refractivity (Wildman–Crippen MR) is 203 cm³/mol. The zero-order valence-electron chi connectivity index (χ0n) is 28.0. The molecule has 9 nitrogen and oxygen atoms in total. The highest BCUT2D eigenvalue weighted by Crippen LogP contribution is 2.36. The van der Waals surface area contributed by atoms with Crippen molar-refractivity contribution in [3.8, 4) is 22.5 Å². The second kappa shape index (κ2) is 16.3. The quantitative estimate of drug-likeness (QED) is 0.122. The summed E-state index contributed by atoms with van der Waals surface area (Å²) < 4.78 is 0. The Morgan fingerprint density at radius 3 is 1.29 bits per heavy atom. The van der Waals surface area contributed by atoms with Crippen LogP contribution in [0.2, 0.25) is 0 Å². The van der Waals surface area contributed by atoms with Gasteiger partial charge in [-0.25, -0.2) is 0 Å². The maximum atomic E-state index is 13.7. The summed E-state index contributed by atoms with van der Waals surface area (Å²) in [7, 11) is 0. The van der Waals surface area contributed by atoms with Gasteiger partial charge in [0.1, 0.15) is 0 Å². The molecule has 0 aliphatic heterocycles. The van der Waals surface area contributed by atoms with E-state index < -0.39 is 17.8 Å². The summed E-state index contributed by atoms with van der Waals surface area (Å²) in [5.74, 6) is -2.44. The third kappa shape index (κ3) is 8.76. The van der Waals surface area contributed by atoms with Gasteiger partial charge in [-0.05, 0) is 86.0 Å². The maximum Gasteiger partial charge on any atom is 0.227 e. The number of nitrogens with one attached hydrogen (secondary N) is 3. The molecule has 254 valence electrons. The highest BCUT2D eigenvalue weighted by molar-refractivity contribution is 6.09. The third-order valence-corrected chi connectivity index (χ3v) is 8.92. The normalized spacial score (nSPS) is 17.1. The summed E-state index contributed by atoms with van der Waals surface area (Å²) in [5.41, 5.74) is 6.85. The molecular weight excluding hydrogens is 637 g/mol. The molecule has 0 saturated heterocycles. The van der Waals surface area contributed by atoms with Crippen LogP contribution in [0.4, 0.5) is 17.1 Å². The van der Waals surface area contributed by atoms with Gasteiger partial charge < -0.3 is 16.0 Å². The van der Waals surface area contributed by atoms with E-state index in [1.165, 1.54) is 6.20 Å². The molecule has 1 aliphatic carbocycles. The first-order chi connectivity index (χ1) is 24.9. The molecule has 1 aliphatic rings. The zero-order chi connectivity index (χ0) is 35.6. The zero-order valence-corrected chi connectivity index (χ0v) is 28.0. The lowest BCUT2D eigenvalue weighted by molar-refractivity contribution is -0.129. The minimum atomic E-state index is -0.575. The van der Waals surface area contributed by atoms with Crippen molar-refractivity contribution in [3.63, 3.8) is 0 Å². The van der Waals surface area contributed by atoms with E-state index in [2.05, 4.69) is 44.1 Å². The van der Waals surface area contributed by atoms with Crippen molar-refractivity contribution >= 4 is 40.5 Å². The van der Waals surface area contributed by atoms with Crippen molar-refractivity contribution < 1.29 is 14.4 Å². The number of pyridine rings is 2. The van der Waals surface area contributed by atoms with E-state index in [0.717, 1.165) is 28.1 Å². The smallest absolute Gasteiger partial charge is 0.227 e. The Balaban J connectivity index is 1.17. The number of allylic oxidation sites excluding steroid dienone is 1. The number of hydrogen-bond donors (Lipinski definition) is 3. The van der Waals surface area contributed by atoms with E-state index in [4.69, 9.17) is 0 Å². The first kappa shape index (κ1) is 34.4. The number of aromatic nitrogens is 2. The van der Waals surface area contributed by atoms with Crippen LogP contribution in [-0.4, -0.2) is 33.4 Å². The largest absolute Gasteiger partial charge is 0.326 e. The lowest BCUT2D eigenvalue weighted by atomic mass is 9.74. The first-order valence-electron chi connectivity index (χ1n) is 16.8. The Kier molecular flexibility index (Phi) is 11.0. The summed E-state index contributed by atoms with van der Waals surface area (Å²) in [6.45, 7) is 7.44. The van der Waals surface area contributed by atoms with Gasteiger partial charge in [0.25, 0.3) is 0 Å². The number of carbonyl (C=O) groups is 3. The molecule has 1 saturated carbocycles. The number of nitrogens with zero attached hydrogens (tertiary/aromatic N) is 3. The van der Waals surface area contributed by atoms with Gasteiger partial charge in [-0.1, -0.05) is 61.7 Å². The Morgan fingerprint density at radius 1 is 0.569 bits per heavy atom. The van der Waals surface area contributed by atoms with Crippen LogP contribution < -0.4 is 16.0 Å². The molecule has 51 heavy (non-hydrogen) atoms. The Morgan fingerprint density at radius 2 is 0.961 bits per heavy atom. The standard InChI is InChI=1S/C42H38N6O3/c1-3-37(43-4-2)28-11-17-34(18-12-28)46-40(49)31-25-32(41(50)47-35-19-13-29(14-20-35)38-9-5-7-23-44-38)27-33(26-31)42(51)48-36-21-15-30(16-22-36)39-10-6-8-24-45-39/h3-24,31-33H,1-2,25-27H2,(H,46,49)(H,47,50)(H,48,51). The number of benzene rings is 3. The van der Waals surface area contributed by atoms with Crippen LogP contribution in [-0.2, 0) is 14.4 Å². The van der Waals surface area contributed by atoms with Crippen molar-refractivity contribution in [2.45, 2.75) is 19.3 Å². The number of aliphatic imine (C=N–C) groups is 1. The summed E-state index contributed by atoms with van der Waals surface area (Å²) >= 11 is 0. The summed E-state index contributed by atoms with van der Waals surface area (Å²) in [6, 6.07) is 33.6. The molecule has 6 rings (SSSR count). The average Bonchev–Trinajstić information content (AvgIpc) is 3.18. The number of carbonyl (C=O) groups excluding carboxylic acids is 3. The van der Waals surface area contributed by atoms with Crippen LogP contribution in [0.3, 0.4) is 0 Å². The Hall–Kier alpha value is -6.48. The summed E-state index contributed by atoms with van der Waals surface area (Å²) in [4.78, 5) is 54.1. The van der Waals surface area contributed by atoms with Crippen molar-refractivity contribution in [2.75, 3.05) is 16.0 Å². The van der Waals surface area contributed by atoms with E-state index in [1.54, 1.807) is 30.6 Å². The molecule has 2 aromatic heterocycles. The fraction of sp³-hybridized carbons (Fsp3) is 0.143. The summed E-state index contributed by atoms with van der Waals surface area (Å²) in [5, 5.41) is 9.01. The van der Waals surface area contributed by atoms with Crippen molar-refractivity contribution in [1.29, 1.82) is 0 Å². The van der Waals surface area contributed by atoms with Crippen LogP contribution in [0.15, 0.2) is 152 Å². The van der Waals surface area contributed by atoms with Gasteiger partial charge in [0.15, 0.2) is 0 Å². The number of anilines is 3. The predicted octanol–water partition coefficient (Wildman–Crippen LogP) is 8.18. The molecular formula is C42H38N6O3. The number of hydrogen-bond acceptors (Lipinski definition) is 6. The van der Waals surface area contributed by atoms with Gasteiger partial charge in [0.05, 0.1) is 17.1 Å². The molecule has 0 radical (unpaired) electrons. The molecule has 2 unspecified atom stereocenters. The Labute approximate surface area is 297 Å². The van der Waals surface area contributed by atoms with E-state index in [1.807, 2.05) is 97.1 Å².